The molecular weight excluding hydrogens is 256 g/mol. The van der Waals surface area contributed by atoms with Crippen molar-refractivity contribution in [1.29, 1.82) is 0 Å². The highest BCUT2D eigenvalue weighted by Gasteiger charge is 2.39. The fourth-order valence-electron chi connectivity index (χ4n) is 2.69. The summed E-state index contributed by atoms with van der Waals surface area (Å²) in [5.74, 6) is 0.730. The molecule has 0 unspecified atom stereocenters. The van der Waals surface area contributed by atoms with Gasteiger partial charge in [-0.2, -0.15) is 8.78 Å². The molecule has 0 aromatic heterocycles. The number of methoxy groups -OCH3 is 1. The van der Waals surface area contributed by atoms with E-state index in [1.165, 1.54) is 6.07 Å². The van der Waals surface area contributed by atoms with Gasteiger partial charge in [0.15, 0.2) is 0 Å². The van der Waals surface area contributed by atoms with Gasteiger partial charge in [0, 0.05) is 31.7 Å². The molecule has 2 aliphatic heterocycles. The molecular formula is C13H15F2NO3. The van der Waals surface area contributed by atoms with Crippen molar-refractivity contribution in [3.63, 3.8) is 0 Å². The van der Waals surface area contributed by atoms with Crippen molar-refractivity contribution in [3.8, 4) is 11.5 Å². The largest absolute Gasteiger partial charge is 0.488 e. The number of hydrogen-bond donors (Lipinski definition) is 1. The van der Waals surface area contributed by atoms with Crippen LogP contribution in [0.3, 0.4) is 0 Å². The van der Waals surface area contributed by atoms with Gasteiger partial charge in [0.2, 0.25) is 0 Å². The van der Waals surface area contributed by atoms with E-state index >= 15 is 0 Å². The topological polar surface area (TPSA) is 39.7 Å². The third kappa shape index (κ3) is 2.37. The summed E-state index contributed by atoms with van der Waals surface area (Å²) < 4.78 is 39.8. The van der Waals surface area contributed by atoms with Crippen LogP contribution in [0, 0.1) is 0 Å². The van der Waals surface area contributed by atoms with Crippen molar-refractivity contribution < 1.29 is 23.0 Å². The Kier molecular flexibility index (Phi) is 3.28. The number of piperidine rings is 1. The minimum atomic E-state index is -2.82. The Morgan fingerprint density at radius 2 is 2.26 bits per heavy atom. The second kappa shape index (κ2) is 4.94. The average Bonchev–Trinajstić information content (AvgIpc) is 2.74. The third-order valence-corrected chi connectivity index (χ3v) is 3.59. The Labute approximate surface area is 109 Å². The summed E-state index contributed by atoms with van der Waals surface area (Å²) in [5.41, 5.74) is 0.987. The lowest BCUT2D eigenvalue weighted by Gasteiger charge is -2.31. The van der Waals surface area contributed by atoms with Crippen LogP contribution in [-0.4, -0.2) is 32.5 Å². The molecule has 2 aliphatic rings. The molecule has 4 nitrogen and oxygen atoms in total. The molecule has 1 aromatic carbocycles. The Morgan fingerprint density at radius 1 is 1.42 bits per heavy atom. The highest BCUT2D eigenvalue weighted by Crippen LogP contribution is 2.42. The van der Waals surface area contributed by atoms with Crippen LogP contribution < -0.4 is 14.8 Å². The first-order chi connectivity index (χ1) is 9.17. The van der Waals surface area contributed by atoms with Crippen molar-refractivity contribution in [3.05, 3.63) is 23.8 Å². The number of ether oxygens (including phenoxy) is 3. The molecule has 0 radical (unpaired) electrons. The van der Waals surface area contributed by atoms with Crippen LogP contribution in [0.4, 0.5) is 8.78 Å². The molecule has 0 bridgehead atoms. The molecule has 0 aliphatic carbocycles. The third-order valence-electron chi connectivity index (χ3n) is 3.59. The first kappa shape index (κ1) is 12.6. The van der Waals surface area contributed by atoms with Crippen LogP contribution >= 0.6 is 0 Å². The number of alkyl halides is 2. The normalized spacial score (nSPS) is 28.7. The highest BCUT2D eigenvalue weighted by molar-refractivity contribution is 5.46. The van der Waals surface area contributed by atoms with E-state index in [0.29, 0.717) is 5.75 Å². The monoisotopic (exact) mass is 271 g/mol. The van der Waals surface area contributed by atoms with Gasteiger partial charge < -0.3 is 19.5 Å². The summed E-state index contributed by atoms with van der Waals surface area (Å²) >= 11 is 0. The summed E-state index contributed by atoms with van der Waals surface area (Å²) in [6.07, 6.45) is 0.885. The van der Waals surface area contributed by atoms with Crippen LogP contribution in [0.5, 0.6) is 11.5 Å². The van der Waals surface area contributed by atoms with Gasteiger partial charge in [-0.1, -0.05) is 0 Å². The number of halogens is 2. The van der Waals surface area contributed by atoms with Gasteiger partial charge >= 0.3 is 6.61 Å². The number of rotatable bonds is 3. The molecule has 0 spiro atoms. The number of fused-ring (bicyclic) bond motifs is 3. The van der Waals surface area contributed by atoms with E-state index in [1.807, 2.05) is 0 Å². The molecule has 19 heavy (non-hydrogen) atoms. The minimum Gasteiger partial charge on any atom is -0.488 e. The van der Waals surface area contributed by atoms with Crippen LogP contribution in [0.15, 0.2) is 18.2 Å². The molecule has 0 saturated carbocycles. The van der Waals surface area contributed by atoms with E-state index in [-0.39, 0.29) is 24.0 Å². The molecule has 3 atom stereocenters. The van der Waals surface area contributed by atoms with Gasteiger partial charge in [0.05, 0.1) is 12.1 Å². The lowest BCUT2D eigenvalue weighted by Crippen LogP contribution is -2.45. The average molecular weight is 271 g/mol. The zero-order valence-electron chi connectivity index (χ0n) is 10.4. The first-order valence-corrected chi connectivity index (χ1v) is 6.19. The lowest BCUT2D eigenvalue weighted by molar-refractivity contribution is -0.0499. The maximum absolute atomic E-state index is 12.2. The molecule has 3 rings (SSSR count). The zero-order valence-corrected chi connectivity index (χ0v) is 10.4. The summed E-state index contributed by atoms with van der Waals surface area (Å²) in [6, 6.07) is 4.93. The van der Waals surface area contributed by atoms with Crippen molar-refractivity contribution >= 4 is 0 Å². The number of benzene rings is 1. The van der Waals surface area contributed by atoms with Crippen LogP contribution in [-0.2, 0) is 4.74 Å². The first-order valence-electron chi connectivity index (χ1n) is 6.19. The summed E-state index contributed by atoms with van der Waals surface area (Å²) in [7, 11) is 1.67. The minimum absolute atomic E-state index is 0.0181. The molecule has 1 fully saturated rings. The van der Waals surface area contributed by atoms with Crippen LogP contribution in [0.1, 0.15) is 18.0 Å². The number of nitrogens with one attached hydrogen (secondary N) is 1. The highest BCUT2D eigenvalue weighted by atomic mass is 19.3. The molecule has 2 heterocycles. The van der Waals surface area contributed by atoms with Crippen LogP contribution in [0.25, 0.3) is 0 Å². The lowest BCUT2D eigenvalue weighted by atomic mass is 9.95. The molecule has 0 amide bonds. The SMILES string of the molecule is CO[C@@H]1CN[C@H]2c3ccc(OC(F)F)cc3O[C@H]2C1. The Morgan fingerprint density at radius 3 is 3.00 bits per heavy atom. The van der Waals surface area contributed by atoms with Gasteiger partial charge in [0.1, 0.15) is 17.6 Å². The standard InChI is InChI=1S/C13H15F2NO3/c1-17-8-5-11-12(16-6-8)9-3-2-7(18-13(14)15)4-10(9)19-11/h2-4,8,11-13,16H,5-6H2,1H3/t8-,11-,12-/m0/s1. The van der Waals surface area contributed by atoms with E-state index in [4.69, 9.17) is 9.47 Å². The van der Waals surface area contributed by atoms with E-state index in [2.05, 4.69) is 10.1 Å². The second-order valence-corrected chi connectivity index (χ2v) is 4.71. The summed E-state index contributed by atoms with van der Waals surface area (Å²) in [4.78, 5) is 0. The molecule has 1 N–H and O–H groups in total. The van der Waals surface area contributed by atoms with Crippen molar-refractivity contribution in [2.24, 2.45) is 0 Å². The molecule has 1 aromatic rings. The molecule has 1 saturated heterocycles. The fraction of sp³-hybridized carbons (Fsp3) is 0.538. The van der Waals surface area contributed by atoms with E-state index < -0.39 is 6.61 Å². The summed E-state index contributed by atoms with van der Waals surface area (Å²) in [6.45, 7) is -2.06. The Balaban J connectivity index is 1.79. The Hall–Kier alpha value is -1.40. The maximum Gasteiger partial charge on any atom is 0.387 e. The van der Waals surface area contributed by atoms with Crippen molar-refractivity contribution in [1.82, 2.24) is 5.32 Å². The Bertz CT molecular complexity index is 469. The molecule has 6 heteroatoms. The predicted molar refractivity (Wildman–Crippen MR) is 63.6 cm³/mol. The second-order valence-electron chi connectivity index (χ2n) is 4.71. The quantitative estimate of drug-likeness (QED) is 0.914. The van der Waals surface area contributed by atoms with E-state index in [1.54, 1.807) is 19.2 Å². The smallest absolute Gasteiger partial charge is 0.387 e. The van der Waals surface area contributed by atoms with Crippen LogP contribution in [0.2, 0.25) is 0 Å². The van der Waals surface area contributed by atoms with Crippen molar-refractivity contribution in [2.45, 2.75) is 31.3 Å². The van der Waals surface area contributed by atoms with Gasteiger partial charge in [-0.3, -0.25) is 0 Å². The van der Waals surface area contributed by atoms with Gasteiger partial charge in [-0.05, 0) is 12.1 Å². The summed E-state index contributed by atoms with van der Waals surface area (Å²) in [5, 5.41) is 3.36. The van der Waals surface area contributed by atoms with Gasteiger partial charge in [-0.15, -0.1) is 0 Å². The van der Waals surface area contributed by atoms with Gasteiger partial charge in [0.25, 0.3) is 0 Å². The number of hydrogen-bond acceptors (Lipinski definition) is 4. The van der Waals surface area contributed by atoms with E-state index in [0.717, 1.165) is 18.5 Å². The van der Waals surface area contributed by atoms with E-state index in [9.17, 15) is 8.78 Å². The van der Waals surface area contributed by atoms with Gasteiger partial charge in [-0.25, -0.2) is 0 Å². The molecule has 104 valence electrons. The van der Waals surface area contributed by atoms with Crippen molar-refractivity contribution in [2.75, 3.05) is 13.7 Å². The fourth-order valence-corrected chi connectivity index (χ4v) is 2.69. The maximum atomic E-state index is 12.2. The predicted octanol–water partition coefficient (Wildman–Crippen LogP) is 2.10. The zero-order chi connectivity index (χ0) is 13.4.